The van der Waals surface area contributed by atoms with Crippen LogP contribution in [0.4, 0.5) is 0 Å². The van der Waals surface area contributed by atoms with Crippen molar-refractivity contribution in [1.82, 2.24) is 20.8 Å². The monoisotopic (exact) mass is 374 g/mol. The minimum absolute atomic E-state index is 0.0533. The third-order valence-electron chi connectivity index (χ3n) is 3.35. The van der Waals surface area contributed by atoms with E-state index in [1.54, 1.807) is 24.4 Å². The van der Waals surface area contributed by atoms with Crippen molar-refractivity contribution in [1.29, 1.82) is 0 Å². The summed E-state index contributed by atoms with van der Waals surface area (Å²) in [5, 5.41) is 8.81. The average Bonchev–Trinajstić information content (AvgIpc) is 3.18. The lowest BCUT2D eigenvalue weighted by Gasteiger charge is -2.18. The van der Waals surface area contributed by atoms with Crippen molar-refractivity contribution >= 4 is 18.1 Å². The molecule has 8 heteroatoms. The van der Waals surface area contributed by atoms with E-state index in [1.165, 1.54) is 6.07 Å². The van der Waals surface area contributed by atoms with Gasteiger partial charge >= 0.3 is 0 Å². The first kappa shape index (κ1) is 22.0. The third kappa shape index (κ3) is 7.01. The Kier molecular flexibility index (Phi) is 9.42. The largest absolute Gasteiger partial charge is 0.354 e. The second kappa shape index (κ2) is 11.6. The predicted molar refractivity (Wildman–Crippen MR) is 101 cm³/mol. The van der Waals surface area contributed by atoms with Gasteiger partial charge in [-0.25, -0.2) is 0 Å². The van der Waals surface area contributed by atoms with Crippen molar-refractivity contribution in [3.05, 3.63) is 36.2 Å². The highest BCUT2D eigenvalue weighted by atomic mass is 16.5. The zero-order valence-electron chi connectivity index (χ0n) is 16.1. The molecule has 8 nitrogen and oxygen atoms in total. The molecule has 0 unspecified atom stereocenters. The first-order chi connectivity index (χ1) is 13.0. The van der Waals surface area contributed by atoms with Crippen LogP contribution in [0.3, 0.4) is 0 Å². The summed E-state index contributed by atoms with van der Waals surface area (Å²) in [5.74, 6) is -0.411. The summed E-state index contributed by atoms with van der Waals surface area (Å²) in [4.78, 5) is 39.0. The van der Waals surface area contributed by atoms with E-state index in [4.69, 9.17) is 4.52 Å². The van der Waals surface area contributed by atoms with Gasteiger partial charge in [0, 0.05) is 12.3 Å². The van der Waals surface area contributed by atoms with Crippen LogP contribution in [0.2, 0.25) is 0 Å². The van der Waals surface area contributed by atoms with Crippen LogP contribution in [0.15, 0.2) is 35.0 Å². The maximum Gasteiger partial charge on any atom is 0.274 e. The molecule has 0 spiro atoms. The molecular formula is C19H26N4O4. The lowest BCUT2D eigenvalue weighted by molar-refractivity contribution is -0.124. The maximum atomic E-state index is 12.4. The van der Waals surface area contributed by atoms with Crippen LogP contribution >= 0.6 is 0 Å². The Bertz CT molecular complexity index is 728. The van der Waals surface area contributed by atoms with Gasteiger partial charge in [0.15, 0.2) is 11.5 Å². The van der Waals surface area contributed by atoms with E-state index in [-0.39, 0.29) is 18.2 Å². The molecule has 0 bridgehead atoms. The Morgan fingerprint density at radius 2 is 2.00 bits per heavy atom. The molecule has 2 amide bonds. The van der Waals surface area contributed by atoms with Crippen molar-refractivity contribution in [3.63, 3.8) is 0 Å². The molecule has 146 valence electrons. The molecule has 0 aliphatic heterocycles. The molecule has 0 aliphatic carbocycles. The van der Waals surface area contributed by atoms with Gasteiger partial charge in [0.1, 0.15) is 18.0 Å². The molecule has 0 aromatic carbocycles. The number of carbonyl (C=O) groups excluding carboxylic acids is 3. The zero-order chi connectivity index (χ0) is 20.2. The van der Waals surface area contributed by atoms with Crippen LogP contribution in [0.25, 0.3) is 11.5 Å². The van der Waals surface area contributed by atoms with E-state index in [0.717, 1.165) is 0 Å². The Balaban J connectivity index is 0.00000176. The van der Waals surface area contributed by atoms with Gasteiger partial charge in [0.05, 0.1) is 6.54 Å². The number of aldehydes is 1. The highest BCUT2D eigenvalue weighted by Crippen LogP contribution is 2.17. The fourth-order valence-electron chi connectivity index (χ4n) is 2.21. The molecule has 0 saturated heterocycles. The Morgan fingerprint density at radius 3 is 2.59 bits per heavy atom. The second-order valence-electron chi connectivity index (χ2n) is 5.86. The van der Waals surface area contributed by atoms with Crippen molar-refractivity contribution in [3.8, 4) is 11.5 Å². The normalized spacial score (nSPS) is 11.1. The van der Waals surface area contributed by atoms with Crippen molar-refractivity contribution < 1.29 is 18.9 Å². The summed E-state index contributed by atoms with van der Waals surface area (Å²) in [7, 11) is 0. The number of amides is 2. The number of hydrogen-bond acceptors (Lipinski definition) is 6. The molecule has 2 heterocycles. The van der Waals surface area contributed by atoms with Crippen LogP contribution in [0.1, 0.15) is 44.6 Å². The van der Waals surface area contributed by atoms with Gasteiger partial charge in [-0.05, 0) is 24.5 Å². The molecule has 2 N–H and O–H groups in total. The smallest absolute Gasteiger partial charge is 0.274 e. The van der Waals surface area contributed by atoms with Gasteiger partial charge in [-0.3, -0.25) is 14.6 Å². The van der Waals surface area contributed by atoms with Crippen LogP contribution in [-0.2, 0) is 9.59 Å². The lowest BCUT2D eigenvalue weighted by Crippen LogP contribution is -2.47. The molecule has 2 aromatic heterocycles. The summed E-state index contributed by atoms with van der Waals surface area (Å²) >= 11 is 0. The van der Waals surface area contributed by atoms with E-state index >= 15 is 0 Å². The fourth-order valence-corrected chi connectivity index (χ4v) is 2.21. The Morgan fingerprint density at radius 1 is 1.26 bits per heavy atom. The van der Waals surface area contributed by atoms with Crippen molar-refractivity contribution in [2.45, 2.75) is 40.2 Å². The first-order valence-corrected chi connectivity index (χ1v) is 8.91. The van der Waals surface area contributed by atoms with Gasteiger partial charge < -0.3 is 20.0 Å². The van der Waals surface area contributed by atoms with Gasteiger partial charge in [-0.15, -0.1) is 0 Å². The molecule has 27 heavy (non-hydrogen) atoms. The molecular weight excluding hydrogens is 348 g/mol. The third-order valence-corrected chi connectivity index (χ3v) is 3.35. The van der Waals surface area contributed by atoms with E-state index < -0.39 is 17.9 Å². The van der Waals surface area contributed by atoms with Crippen LogP contribution in [0.5, 0.6) is 0 Å². The highest BCUT2D eigenvalue weighted by molar-refractivity contribution is 5.96. The maximum absolute atomic E-state index is 12.4. The van der Waals surface area contributed by atoms with E-state index in [0.29, 0.717) is 24.2 Å². The minimum Gasteiger partial charge on any atom is -0.354 e. The number of carbonyl (C=O) groups is 3. The molecule has 1 atom stereocenters. The summed E-state index contributed by atoms with van der Waals surface area (Å²) in [5.41, 5.74) is 0.606. The first-order valence-electron chi connectivity index (χ1n) is 8.91. The Hall–Kier alpha value is -3.03. The van der Waals surface area contributed by atoms with Gasteiger partial charge in [-0.2, -0.15) is 0 Å². The summed E-state index contributed by atoms with van der Waals surface area (Å²) in [6.07, 6.45) is 2.62. The zero-order valence-corrected chi connectivity index (χ0v) is 16.1. The number of pyridine rings is 1. The number of nitrogens with one attached hydrogen (secondary N) is 2. The standard InChI is InChI=1S/C17H20N4O4.C2H6/c1-11(2)9-13(16(23)19-7-8-22)20-17(24)14-10-15(25-21-14)12-5-3-4-6-18-12;1-2/h3-6,8,10-11,13H,7,9H2,1-2H3,(H,19,23)(H,20,24);1-2H3/t13-;/m0./s1. The van der Waals surface area contributed by atoms with Crippen molar-refractivity contribution in [2.75, 3.05) is 6.54 Å². The molecule has 0 aliphatic rings. The fraction of sp³-hybridized carbons (Fsp3) is 0.421. The molecule has 0 saturated carbocycles. The molecule has 2 rings (SSSR count). The average molecular weight is 374 g/mol. The van der Waals surface area contributed by atoms with E-state index in [9.17, 15) is 14.4 Å². The summed E-state index contributed by atoms with van der Waals surface area (Å²) < 4.78 is 5.14. The molecule has 0 radical (unpaired) electrons. The van der Waals surface area contributed by atoms with Gasteiger partial charge in [0.25, 0.3) is 5.91 Å². The van der Waals surface area contributed by atoms with E-state index in [1.807, 2.05) is 27.7 Å². The topological polar surface area (TPSA) is 114 Å². The van der Waals surface area contributed by atoms with Crippen molar-refractivity contribution in [2.24, 2.45) is 5.92 Å². The quantitative estimate of drug-likeness (QED) is 0.685. The second-order valence-corrected chi connectivity index (χ2v) is 5.86. The van der Waals surface area contributed by atoms with E-state index in [2.05, 4.69) is 20.8 Å². The van der Waals surface area contributed by atoms with Crippen LogP contribution in [0, 0.1) is 5.92 Å². The minimum atomic E-state index is -0.762. The summed E-state index contributed by atoms with van der Waals surface area (Å²) in [6.45, 7) is 7.76. The number of rotatable bonds is 8. The highest BCUT2D eigenvalue weighted by Gasteiger charge is 2.24. The lowest BCUT2D eigenvalue weighted by atomic mass is 10.0. The number of aromatic nitrogens is 2. The molecule has 0 fully saturated rings. The number of hydrogen-bond donors (Lipinski definition) is 2. The predicted octanol–water partition coefficient (Wildman–Crippen LogP) is 2.22. The number of nitrogens with zero attached hydrogens (tertiary/aromatic N) is 2. The van der Waals surface area contributed by atoms with Gasteiger partial charge in [0.2, 0.25) is 5.91 Å². The van der Waals surface area contributed by atoms with Crippen LogP contribution in [-0.4, -0.2) is 40.8 Å². The SMILES string of the molecule is CC.CC(C)C[C@H](NC(=O)c1cc(-c2ccccn2)on1)C(=O)NCC=O. The Labute approximate surface area is 158 Å². The van der Waals surface area contributed by atoms with Gasteiger partial charge in [-0.1, -0.05) is 38.9 Å². The molecule has 2 aromatic rings. The summed E-state index contributed by atoms with van der Waals surface area (Å²) in [6, 6.07) is 5.99. The van der Waals surface area contributed by atoms with Crippen LogP contribution < -0.4 is 10.6 Å².